The lowest BCUT2D eigenvalue weighted by Crippen LogP contribution is -2.33. The summed E-state index contributed by atoms with van der Waals surface area (Å²) in [4.78, 5) is 14.3. The lowest BCUT2D eigenvalue weighted by atomic mass is 10.2. The minimum Gasteiger partial charge on any atom is -0.468 e. The van der Waals surface area contributed by atoms with E-state index in [0.717, 1.165) is 5.76 Å². The number of furan rings is 1. The van der Waals surface area contributed by atoms with Gasteiger partial charge in [0, 0.05) is 18.2 Å². The Morgan fingerprint density at radius 2 is 2.07 bits per heavy atom. The lowest BCUT2D eigenvalue weighted by Gasteiger charge is -2.22. The summed E-state index contributed by atoms with van der Waals surface area (Å²) in [6.07, 6.45) is 4.65. The van der Waals surface area contributed by atoms with Crippen molar-refractivity contribution in [1.82, 2.24) is 20.0 Å². The van der Waals surface area contributed by atoms with E-state index in [2.05, 4.69) is 10.4 Å². The van der Waals surface area contributed by atoms with Crippen LogP contribution in [0.2, 0.25) is 5.15 Å². The number of hydrogen-bond donors (Lipinski definition) is 1. The van der Waals surface area contributed by atoms with E-state index in [0.29, 0.717) is 28.6 Å². The van der Waals surface area contributed by atoms with Gasteiger partial charge in [-0.1, -0.05) is 11.6 Å². The highest BCUT2D eigenvalue weighted by Gasteiger charge is 2.17. The smallest absolute Gasteiger partial charge is 0.244 e. The molecule has 152 valence electrons. The molecular weight excluding hydrogens is 395 g/mol. The molecule has 0 fully saturated rings. The third-order valence-electron chi connectivity index (χ3n) is 4.49. The predicted molar refractivity (Wildman–Crippen MR) is 110 cm³/mol. The maximum absolute atomic E-state index is 13.1. The zero-order chi connectivity index (χ0) is 21.0. The Morgan fingerprint density at radius 1 is 1.34 bits per heavy atom. The van der Waals surface area contributed by atoms with Gasteiger partial charge in [-0.05, 0) is 63.5 Å². The third-order valence-corrected chi connectivity index (χ3v) is 4.85. The summed E-state index contributed by atoms with van der Waals surface area (Å²) in [6.45, 7) is 2.19. The van der Waals surface area contributed by atoms with Crippen molar-refractivity contribution in [2.45, 2.75) is 13.0 Å². The molecular formula is C21H22ClFN4O2. The SMILES string of the molecule is Cc1nn(-c2ccc(F)cc2)c(Cl)c1/C=C/C(=O)NCC(c1ccco1)N(C)C. The first-order valence-corrected chi connectivity index (χ1v) is 9.41. The van der Waals surface area contributed by atoms with Crippen molar-refractivity contribution in [2.24, 2.45) is 0 Å². The number of rotatable bonds is 7. The monoisotopic (exact) mass is 416 g/mol. The van der Waals surface area contributed by atoms with Gasteiger partial charge in [-0.25, -0.2) is 9.07 Å². The number of hydrogen-bond acceptors (Lipinski definition) is 4. The molecule has 0 saturated heterocycles. The van der Waals surface area contributed by atoms with Gasteiger partial charge in [-0.3, -0.25) is 9.69 Å². The minimum atomic E-state index is -0.337. The van der Waals surface area contributed by atoms with E-state index in [4.69, 9.17) is 16.0 Å². The number of halogens is 2. The fourth-order valence-electron chi connectivity index (χ4n) is 2.89. The highest BCUT2D eigenvalue weighted by Crippen LogP contribution is 2.25. The molecule has 29 heavy (non-hydrogen) atoms. The summed E-state index contributed by atoms with van der Waals surface area (Å²) >= 11 is 6.43. The molecule has 3 aromatic rings. The molecule has 0 bridgehead atoms. The Morgan fingerprint density at radius 3 is 2.69 bits per heavy atom. The van der Waals surface area contributed by atoms with E-state index in [-0.39, 0.29) is 17.8 Å². The summed E-state index contributed by atoms with van der Waals surface area (Å²) < 4.78 is 20.1. The Hall–Kier alpha value is -2.90. The minimum absolute atomic E-state index is 0.0751. The number of nitrogens with zero attached hydrogens (tertiary/aromatic N) is 3. The Balaban J connectivity index is 1.69. The van der Waals surface area contributed by atoms with Crippen molar-refractivity contribution in [3.8, 4) is 5.69 Å². The number of nitrogens with one attached hydrogen (secondary N) is 1. The molecule has 0 spiro atoms. The molecule has 1 unspecified atom stereocenters. The van der Waals surface area contributed by atoms with E-state index in [1.807, 2.05) is 31.1 Å². The molecule has 1 atom stereocenters. The Bertz CT molecular complexity index is 995. The topological polar surface area (TPSA) is 63.3 Å². The predicted octanol–water partition coefficient (Wildman–Crippen LogP) is 4.00. The van der Waals surface area contributed by atoms with Gasteiger partial charge in [0.05, 0.1) is 23.7 Å². The van der Waals surface area contributed by atoms with Crippen LogP contribution >= 0.6 is 11.6 Å². The van der Waals surface area contributed by atoms with Gasteiger partial charge < -0.3 is 9.73 Å². The van der Waals surface area contributed by atoms with Gasteiger partial charge in [0.2, 0.25) is 5.91 Å². The molecule has 6 nitrogen and oxygen atoms in total. The molecule has 0 aliphatic heterocycles. The van der Waals surface area contributed by atoms with E-state index in [9.17, 15) is 9.18 Å². The van der Waals surface area contributed by atoms with Crippen LogP contribution in [0.3, 0.4) is 0 Å². The first-order chi connectivity index (χ1) is 13.9. The number of benzene rings is 1. The molecule has 3 rings (SSSR count). The maximum atomic E-state index is 13.1. The number of aromatic nitrogens is 2. The molecule has 1 N–H and O–H groups in total. The van der Waals surface area contributed by atoms with E-state index in [1.165, 1.54) is 22.9 Å². The van der Waals surface area contributed by atoms with Crippen LogP contribution in [0.15, 0.2) is 53.2 Å². The van der Waals surface area contributed by atoms with Crippen LogP contribution in [0, 0.1) is 12.7 Å². The van der Waals surface area contributed by atoms with E-state index in [1.54, 1.807) is 31.4 Å². The Kier molecular flexibility index (Phi) is 6.51. The summed E-state index contributed by atoms with van der Waals surface area (Å²) in [5.41, 5.74) is 1.92. The van der Waals surface area contributed by atoms with Gasteiger partial charge in [-0.15, -0.1) is 0 Å². The first kappa shape index (κ1) is 20.8. The van der Waals surface area contributed by atoms with Crippen LogP contribution in [-0.2, 0) is 4.79 Å². The van der Waals surface area contributed by atoms with Gasteiger partial charge >= 0.3 is 0 Å². The zero-order valence-corrected chi connectivity index (χ0v) is 17.2. The molecule has 2 aromatic heterocycles. The maximum Gasteiger partial charge on any atom is 0.244 e. The standard InChI is InChI=1S/C21H22ClFN4O2/c1-14-17(21(22)27(25-14)16-8-6-15(23)7-9-16)10-11-20(28)24-13-18(26(2)3)19-5-4-12-29-19/h4-12,18H,13H2,1-3H3,(H,24,28)/b11-10+. The summed E-state index contributed by atoms with van der Waals surface area (Å²) in [7, 11) is 3.84. The van der Waals surface area contributed by atoms with Crippen molar-refractivity contribution in [3.05, 3.63) is 76.7 Å². The third kappa shape index (κ3) is 4.93. The van der Waals surface area contributed by atoms with E-state index < -0.39 is 0 Å². The zero-order valence-electron chi connectivity index (χ0n) is 16.4. The summed E-state index contributed by atoms with van der Waals surface area (Å²) in [5.74, 6) is 0.184. The van der Waals surface area contributed by atoms with Crippen LogP contribution < -0.4 is 5.32 Å². The Labute approximate surface area is 173 Å². The molecule has 0 saturated carbocycles. The number of aryl methyl sites for hydroxylation is 1. The first-order valence-electron chi connectivity index (χ1n) is 9.03. The average Bonchev–Trinajstić information content (AvgIpc) is 3.30. The van der Waals surface area contributed by atoms with Crippen LogP contribution in [0.25, 0.3) is 11.8 Å². The quantitative estimate of drug-likeness (QED) is 0.591. The summed E-state index contributed by atoms with van der Waals surface area (Å²) in [5, 5.41) is 7.59. The normalized spacial score (nSPS) is 12.6. The second-order valence-corrected chi connectivity index (χ2v) is 7.11. The summed E-state index contributed by atoms with van der Waals surface area (Å²) in [6, 6.07) is 9.47. The lowest BCUT2D eigenvalue weighted by molar-refractivity contribution is -0.116. The molecule has 0 aliphatic rings. The number of carbonyl (C=O) groups excluding carboxylic acids is 1. The second-order valence-electron chi connectivity index (χ2n) is 6.75. The van der Waals surface area contributed by atoms with Gasteiger partial charge in [0.15, 0.2) is 0 Å². The van der Waals surface area contributed by atoms with Crippen molar-refractivity contribution < 1.29 is 13.6 Å². The van der Waals surface area contributed by atoms with Gasteiger partial charge in [0.1, 0.15) is 16.7 Å². The van der Waals surface area contributed by atoms with Gasteiger partial charge in [-0.2, -0.15) is 5.10 Å². The van der Waals surface area contributed by atoms with Crippen molar-refractivity contribution in [1.29, 1.82) is 0 Å². The highest BCUT2D eigenvalue weighted by molar-refractivity contribution is 6.31. The fraction of sp³-hybridized carbons (Fsp3) is 0.238. The molecule has 0 aliphatic carbocycles. The van der Waals surface area contributed by atoms with Gasteiger partial charge in [0.25, 0.3) is 0 Å². The number of amides is 1. The van der Waals surface area contributed by atoms with Crippen molar-refractivity contribution in [3.63, 3.8) is 0 Å². The largest absolute Gasteiger partial charge is 0.468 e. The number of carbonyl (C=O) groups is 1. The van der Waals surface area contributed by atoms with Crippen molar-refractivity contribution in [2.75, 3.05) is 20.6 Å². The number of likely N-dealkylation sites (N-methyl/N-ethyl adjacent to an activating group) is 1. The molecule has 0 radical (unpaired) electrons. The molecule has 1 amide bonds. The fourth-order valence-corrected chi connectivity index (χ4v) is 3.22. The second kappa shape index (κ2) is 9.07. The van der Waals surface area contributed by atoms with E-state index >= 15 is 0 Å². The molecule has 2 heterocycles. The molecule has 1 aromatic carbocycles. The van der Waals surface area contributed by atoms with Crippen LogP contribution in [0.5, 0.6) is 0 Å². The van der Waals surface area contributed by atoms with Crippen LogP contribution in [0.4, 0.5) is 4.39 Å². The highest BCUT2D eigenvalue weighted by atomic mass is 35.5. The van der Waals surface area contributed by atoms with Crippen LogP contribution in [0.1, 0.15) is 23.1 Å². The van der Waals surface area contributed by atoms with Crippen LogP contribution in [-0.4, -0.2) is 41.2 Å². The van der Waals surface area contributed by atoms with Crippen molar-refractivity contribution >= 4 is 23.6 Å². The average molecular weight is 417 g/mol. The molecule has 8 heteroatoms.